The fourth-order valence-corrected chi connectivity index (χ4v) is 3.75. The first-order chi connectivity index (χ1) is 13.1. The number of carbonyl (C=O) groups is 2. The number of carboxylic acid groups (broad SMARTS) is 1. The molecular weight excluding hydrogens is 346 g/mol. The highest BCUT2D eigenvalue weighted by Gasteiger charge is 2.53. The van der Waals surface area contributed by atoms with Gasteiger partial charge in [0, 0.05) is 0 Å². The van der Waals surface area contributed by atoms with E-state index < -0.39 is 30.0 Å². The average molecular weight is 365 g/mol. The molecular formula is C21H19NO5. The second kappa shape index (κ2) is 6.89. The van der Waals surface area contributed by atoms with E-state index in [4.69, 9.17) is 9.47 Å². The molecule has 2 aliphatic rings. The van der Waals surface area contributed by atoms with Crippen LogP contribution in [0.5, 0.6) is 5.75 Å². The predicted molar refractivity (Wildman–Crippen MR) is 99.5 cm³/mol. The molecule has 6 heteroatoms. The number of anilines is 1. The number of ether oxygens (including phenoxy) is 2. The predicted octanol–water partition coefficient (Wildman–Crippen LogP) is 2.95. The first kappa shape index (κ1) is 17.3. The van der Waals surface area contributed by atoms with Crippen LogP contribution in [0.1, 0.15) is 0 Å². The molecule has 6 nitrogen and oxygen atoms in total. The number of hydrogen-bond acceptors (Lipinski definition) is 4. The van der Waals surface area contributed by atoms with Crippen molar-refractivity contribution in [3.63, 3.8) is 0 Å². The molecule has 2 aromatic carbocycles. The minimum absolute atomic E-state index is 0.386. The SMILES string of the molecule is COc1ccc(-c2ccccc2)cc1NC(=O)[C@@H]1[C@@H](C(=O)O)[C@@H]2C=C[C@H]1O2. The van der Waals surface area contributed by atoms with E-state index in [0.29, 0.717) is 11.4 Å². The molecule has 4 atom stereocenters. The van der Waals surface area contributed by atoms with Gasteiger partial charge in [-0.05, 0) is 23.3 Å². The summed E-state index contributed by atoms with van der Waals surface area (Å²) >= 11 is 0. The monoisotopic (exact) mass is 365 g/mol. The van der Waals surface area contributed by atoms with Crippen LogP contribution in [0.3, 0.4) is 0 Å². The summed E-state index contributed by atoms with van der Waals surface area (Å²) in [4.78, 5) is 24.5. The average Bonchev–Trinajstić information content (AvgIpc) is 3.30. The van der Waals surface area contributed by atoms with Crippen molar-refractivity contribution in [1.82, 2.24) is 0 Å². The second-order valence-corrected chi connectivity index (χ2v) is 6.61. The number of carbonyl (C=O) groups excluding carboxylic acids is 1. The van der Waals surface area contributed by atoms with Crippen molar-refractivity contribution >= 4 is 17.6 Å². The fraction of sp³-hybridized carbons (Fsp3) is 0.238. The van der Waals surface area contributed by atoms with Gasteiger partial charge < -0.3 is 19.9 Å². The van der Waals surface area contributed by atoms with Crippen LogP contribution in [0.4, 0.5) is 5.69 Å². The van der Waals surface area contributed by atoms with Gasteiger partial charge in [0.1, 0.15) is 11.7 Å². The molecule has 2 bridgehead atoms. The van der Waals surface area contributed by atoms with Gasteiger partial charge in [0.15, 0.2) is 0 Å². The summed E-state index contributed by atoms with van der Waals surface area (Å²) in [5.74, 6) is -2.57. The summed E-state index contributed by atoms with van der Waals surface area (Å²) in [6, 6.07) is 15.3. The second-order valence-electron chi connectivity index (χ2n) is 6.61. The molecule has 138 valence electrons. The van der Waals surface area contributed by atoms with E-state index in [1.807, 2.05) is 42.5 Å². The Kier molecular flexibility index (Phi) is 4.41. The van der Waals surface area contributed by atoms with Gasteiger partial charge in [0.2, 0.25) is 5.91 Å². The zero-order chi connectivity index (χ0) is 19.0. The molecule has 2 heterocycles. The highest BCUT2D eigenvalue weighted by Crippen LogP contribution is 2.40. The van der Waals surface area contributed by atoms with Gasteiger partial charge in [-0.1, -0.05) is 48.6 Å². The Morgan fingerprint density at radius 1 is 1.00 bits per heavy atom. The topological polar surface area (TPSA) is 84.9 Å². The van der Waals surface area contributed by atoms with Gasteiger partial charge >= 0.3 is 5.97 Å². The van der Waals surface area contributed by atoms with Gasteiger partial charge in [0.25, 0.3) is 0 Å². The Bertz CT molecular complexity index is 908. The van der Waals surface area contributed by atoms with Crippen molar-refractivity contribution < 1.29 is 24.2 Å². The maximum Gasteiger partial charge on any atom is 0.310 e. The first-order valence-electron chi connectivity index (χ1n) is 8.69. The molecule has 27 heavy (non-hydrogen) atoms. The number of amides is 1. The first-order valence-corrected chi connectivity index (χ1v) is 8.69. The molecule has 0 aliphatic carbocycles. The van der Waals surface area contributed by atoms with Gasteiger partial charge in [-0.2, -0.15) is 0 Å². The molecule has 4 rings (SSSR count). The van der Waals surface area contributed by atoms with E-state index in [2.05, 4.69) is 5.32 Å². The largest absolute Gasteiger partial charge is 0.495 e. The van der Waals surface area contributed by atoms with E-state index in [0.717, 1.165) is 11.1 Å². The maximum atomic E-state index is 12.9. The van der Waals surface area contributed by atoms with Crippen LogP contribution in [0.15, 0.2) is 60.7 Å². The molecule has 2 aliphatic heterocycles. The molecule has 2 N–H and O–H groups in total. The van der Waals surface area contributed by atoms with Crippen molar-refractivity contribution in [2.75, 3.05) is 12.4 Å². The lowest BCUT2D eigenvalue weighted by molar-refractivity contribution is -0.145. The number of aliphatic carboxylic acids is 1. The Balaban J connectivity index is 1.63. The van der Waals surface area contributed by atoms with Gasteiger partial charge in [-0.25, -0.2) is 0 Å². The highest BCUT2D eigenvalue weighted by atomic mass is 16.5. The Morgan fingerprint density at radius 3 is 2.37 bits per heavy atom. The minimum atomic E-state index is -1.03. The van der Waals surface area contributed by atoms with E-state index >= 15 is 0 Å². The zero-order valence-electron chi connectivity index (χ0n) is 14.7. The number of fused-ring (bicyclic) bond motifs is 2. The van der Waals surface area contributed by atoms with Gasteiger partial charge in [-0.15, -0.1) is 0 Å². The number of hydrogen-bond donors (Lipinski definition) is 2. The minimum Gasteiger partial charge on any atom is -0.495 e. The summed E-state index contributed by atoms with van der Waals surface area (Å²) in [5.41, 5.74) is 2.43. The third-order valence-electron chi connectivity index (χ3n) is 5.05. The number of carboxylic acids is 1. The fourth-order valence-electron chi connectivity index (χ4n) is 3.75. The summed E-state index contributed by atoms with van der Waals surface area (Å²) in [5, 5.41) is 12.3. The summed E-state index contributed by atoms with van der Waals surface area (Å²) in [6.07, 6.45) is 2.40. The van der Waals surface area contributed by atoms with Crippen LogP contribution >= 0.6 is 0 Å². The molecule has 0 spiro atoms. The van der Waals surface area contributed by atoms with E-state index in [-0.39, 0.29) is 5.91 Å². The van der Waals surface area contributed by atoms with Crippen LogP contribution in [0.2, 0.25) is 0 Å². The number of rotatable bonds is 5. The standard InChI is InChI=1S/C21H19NO5/c1-26-15-8-7-13(12-5-3-2-4-6-12)11-14(15)22-20(23)18-16-9-10-17(27-16)19(18)21(24)25/h2-11,16-19H,1H3,(H,22,23)(H,24,25)/t16-,17+,18+,19+/m1/s1. The Morgan fingerprint density at radius 2 is 1.70 bits per heavy atom. The van der Waals surface area contributed by atoms with Crippen LogP contribution < -0.4 is 10.1 Å². The zero-order valence-corrected chi connectivity index (χ0v) is 14.7. The van der Waals surface area contributed by atoms with Gasteiger partial charge in [-0.3, -0.25) is 9.59 Å². The molecule has 0 saturated carbocycles. The summed E-state index contributed by atoms with van der Waals surface area (Å²) < 4.78 is 10.9. The van der Waals surface area contributed by atoms with E-state index in [9.17, 15) is 14.7 Å². The highest BCUT2D eigenvalue weighted by molar-refractivity contribution is 5.98. The van der Waals surface area contributed by atoms with Gasteiger partial charge in [0.05, 0.1) is 30.9 Å². The maximum absolute atomic E-state index is 12.9. The number of nitrogens with one attached hydrogen (secondary N) is 1. The third kappa shape index (κ3) is 3.08. The molecule has 2 aromatic rings. The van der Waals surface area contributed by atoms with Crippen molar-refractivity contribution in [3.05, 3.63) is 60.7 Å². The lowest BCUT2D eigenvalue weighted by atomic mass is 9.82. The normalized spacial score (nSPS) is 25.4. The van der Waals surface area contributed by atoms with Crippen molar-refractivity contribution in [3.8, 4) is 16.9 Å². The summed E-state index contributed by atoms with van der Waals surface area (Å²) in [7, 11) is 1.52. The lowest BCUT2D eigenvalue weighted by Crippen LogP contribution is -2.39. The van der Waals surface area contributed by atoms with Crippen LogP contribution in [-0.4, -0.2) is 36.3 Å². The smallest absolute Gasteiger partial charge is 0.310 e. The van der Waals surface area contributed by atoms with Crippen LogP contribution in [0.25, 0.3) is 11.1 Å². The molecule has 0 aromatic heterocycles. The number of methoxy groups -OCH3 is 1. The molecule has 0 unspecified atom stereocenters. The van der Waals surface area contributed by atoms with E-state index in [1.54, 1.807) is 18.2 Å². The lowest BCUT2D eigenvalue weighted by Gasteiger charge is -2.22. The molecule has 1 amide bonds. The third-order valence-corrected chi connectivity index (χ3v) is 5.05. The molecule has 1 fully saturated rings. The van der Waals surface area contributed by atoms with Crippen molar-refractivity contribution in [1.29, 1.82) is 0 Å². The van der Waals surface area contributed by atoms with E-state index in [1.165, 1.54) is 7.11 Å². The van der Waals surface area contributed by atoms with Crippen LogP contribution in [-0.2, 0) is 14.3 Å². The molecule has 1 saturated heterocycles. The van der Waals surface area contributed by atoms with Crippen molar-refractivity contribution in [2.24, 2.45) is 11.8 Å². The Labute approximate surface area is 156 Å². The molecule has 0 radical (unpaired) electrons. The van der Waals surface area contributed by atoms with Crippen LogP contribution in [0, 0.1) is 11.8 Å². The Hall–Kier alpha value is -3.12. The summed E-state index contributed by atoms with van der Waals surface area (Å²) in [6.45, 7) is 0. The quantitative estimate of drug-likeness (QED) is 0.796. The number of benzene rings is 2. The van der Waals surface area contributed by atoms with Crippen molar-refractivity contribution in [2.45, 2.75) is 12.2 Å².